The van der Waals surface area contributed by atoms with Gasteiger partial charge in [0.2, 0.25) is 0 Å². The summed E-state index contributed by atoms with van der Waals surface area (Å²) in [5, 5.41) is 11.5. The molecule has 0 bridgehead atoms. The van der Waals surface area contributed by atoms with Gasteiger partial charge in [-0.3, -0.25) is 9.59 Å². The van der Waals surface area contributed by atoms with Crippen LogP contribution in [0.3, 0.4) is 0 Å². The monoisotopic (exact) mass is 454 g/mol. The number of carbonyl (C=O) groups is 2. The molecule has 1 N–H and O–H groups in total. The van der Waals surface area contributed by atoms with E-state index in [0.29, 0.717) is 29.1 Å². The number of hydrogen-bond donors (Lipinski definition) is 1. The number of hydrogen-bond acceptors (Lipinski definition) is 4. The molecule has 9 atom stereocenters. The Balaban J connectivity index is 1.59. The Hall–Kier alpha value is -0.420. The molecule has 4 fully saturated rings. The van der Waals surface area contributed by atoms with Crippen molar-refractivity contribution in [2.45, 2.75) is 95.6 Å². The van der Waals surface area contributed by atoms with E-state index in [1.807, 2.05) is 0 Å². The predicted octanol–water partition coefficient (Wildman–Crippen LogP) is 4.65. The topological polar surface area (TPSA) is 63.6 Å². The van der Waals surface area contributed by atoms with Crippen LogP contribution >= 0.6 is 15.9 Å². The molecule has 0 aromatic carbocycles. The summed E-state index contributed by atoms with van der Waals surface area (Å²) in [5.74, 6) is 2.00. The fourth-order valence-electron chi connectivity index (χ4n) is 8.16. The van der Waals surface area contributed by atoms with Crippen molar-refractivity contribution in [2.75, 3.05) is 0 Å². The molecule has 4 aliphatic rings. The summed E-state index contributed by atoms with van der Waals surface area (Å²) in [6.07, 6.45) is 8.43. The van der Waals surface area contributed by atoms with Crippen LogP contribution in [0.5, 0.6) is 0 Å². The number of aliphatic hydroxyl groups is 1. The maximum absolute atomic E-state index is 12.5. The van der Waals surface area contributed by atoms with Crippen LogP contribution < -0.4 is 0 Å². The van der Waals surface area contributed by atoms with Crippen molar-refractivity contribution in [3.63, 3.8) is 0 Å². The molecule has 0 unspecified atom stereocenters. The zero-order valence-electron chi connectivity index (χ0n) is 17.7. The van der Waals surface area contributed by atoms with Gasteiger partial charge in [-0.2, -0.15) is 0 Å². The van der Waals surface area contributed by atoms with E-state index in [2.05, 4.69) is 29.8 Å². The van der Waals surface area contributed by atoms with Gasteiger partial charge >= 0.3 is 5.97 Å². The highest BCUT2D eigenvalue weighted by Gasteiger charge is 2.69. The Kier molecular flexibility index (Phi) is 5.06. The van der Waals surface area contributed by atoms with Crippen molar-refractivity contribution in [1.29, 1.82) is 0 Å². The third-order valence-corrected chi connectivity index (χ3v) is 10.7. The molecule has 0 saturated heterocycles. The van der Waals surface area contributed by atoms with Crippen LogP contribution in [-0.2, 0) is 14.3 Å². The molecule has 4 aliphatic carbocycles. The summed E-state index contributed by atoms with van der Waals surface area (Å²) in [4.78, 5) is 23.8. The molecular weight excluding hydrogens is 420 g/mol. The summed E-state index contributed by atoms with van der Waals surface area (Å²) in [6, 6.07) is 0. The number of halogens is 1. The zero-order valence-corrected chi connectivity index (χ0v) is 19.3. The summed E-state index contributed by atoms with van der Waals surface area (Å²) in [6.45, 7) is 7.71. The minimum absolute atomic E-state index is 0.0837. The number of ether oxygens (including phenoxy) is 1. The van der Waals surface area contributed by atoms with Crippen LogP contribution in [0.15, 0.2) is 0 Å². The average molecular weight is 455 g/mol. The standard InChI is InChI=1S/C23H35BrO4/c1-13(25)23(27)20(24)12-19-17-6-5-15-11-16(28-14(2)26)7-9-21(15,3)18(17)8-10-22(19,23)4/h15-20,27H,5-12H2,1-4H3/t15-,16-,17-,18+,19+,20+,21-,22+,23+/m0/s1. The number of ketones is 1. The van der Waals surface area contributed by atoms with E-state index in [1.165, 1.54) is 19.8 Å². The molecule has 4 rings (SSSR count). The first-order valence-corrected chi connectivity index (χ1v) is 12.0. The number of Topliss-reactive ketones (excluding diaryl/α,β-unsaturated/α-hetero) is 1. The second-order valence-corrected chi connectivity index (χ2v) is 11.8. The molecule has 0 amide bonds. The average Bonchev–Trinajstić information content (AvgIpc) is 2.83. The van der Waals surface area contributed by atoms with Crippen molar-refractivity contribution in [1.82, 2.24) is 0 Å². The molecule has 4 nitrogen and oxygen atoms in total. The number of fused-ring (bicyclic) bond motifs is 5. The van der Waals surface area contributed by atoms with Gasteiger partial charge in [0.05, 0.1) is 4.83 Å². The van der Waals surface area contributed by atoms with Crippen LogP contribution in [0.4, 0.5) is 0 Å². The van der Waals surface area contributed by atoms with Gasteiger partial charge in [0.15, 0.2) is 5.78 Å². The lowest BCUT2D eigenvalue weighted by Gasteiger charge is -2.61. The Morgan fingerprint density at radius 3 is 2.36 bits per heavy atom. The van der Waals surface area contributed by atoms with Gasteiger partial charge in [-0.15, -0.1) is 0 Å². The van der Waals surface area contributed by atoms with Gasteiger partial charge < -0.3 is 9.84 Å². The second-order valence-electron chi connectivity index (χ2n) is 10.6. The first-order chi connectivity index (χ1) is 13.0. The van der Waals surface area contributed by atoms with Gasteiger partial charge in [0.25, 0.3) is 0 Å². The van der Waals surface area contributed by atoms with Gasteiger partial charge in [0.1, 0.15) is 11.7 Å². The molecule has 4 saturated carbocycles. The quantitative estimate of drug-likeness (QED) is 0.486. The van der Waals surface area contributed by atoms with Crippen LogP contribution in [-0.4, -0.2) is 33.4 Å². The smallest absolute Gasteiger partial charge is 0.302 e. The van der Waals surface area contributed by atoms with E-state index in [9.17, 15) is 14.7 Å². The number of esters is 1. The summed E-state index contributed by atoms with van der Waals surface area (Å²) in [7, 11) is 0. The Bertz CT molecular complexity index is 680. The van der Waals surface area contributed by atoms with Crippen molar-refractivity contribution in [3.05, 3.63) is 0 Å². The van der Waals surface area contributed by atoms with Crippen molar-refractivity contribution in [3.8, 4) is 0 Å². The van der Waals surface area contributed by atoms with E-state index < -0.39 is 5.60 Å². The third kappa shape index (κ3) is 2.71. The molecule has 0 spiro atoms. The fraction of sp³-hybridized carbons (Fsp3) is 0.913. The molecule has 0 radical (unpaired) electrons. The molecule has 28 heavy (non-hydrogen) atoms. The third-order valence-electron chi connectivity index (χ3n) is 9.66. The number of rotatable bonds is 2. The lowest BCUT2D eigenvalue weighted by Crippen LogP contribution is -2.60. The molecule has 0 aliphatic heterocycles. The summed E-state index contributed by atoms with van der Waals surface area (Å²) >= 11 is 3.70. The highest BCUT2D eigenvalue weighted by atomic mass is 79.9. The fourth-order valence-corrected chi connectivity index (χ4v) is 9.41. The lowest BCUT2D eigenvalue weighted by molar-refractivity contribution is -0.174. The van der Waals surface area contributed by atoms with E-state index in [0.717, 1.165) is 38.5 Å². The van der Waals surface area contributed by atoms with Gasteiger partial charge in [-0.25, -0.2) is 0 Å². The van der Waals surface area contributed by atoms with Crippen LogP contribution in [0.2, 0.25) is 0 Å². The van der Waals surface area contributed by atoms with Crippen molar-refractivity contribution < 1.29 is 19.4 Å². The van der Waals surface area contributed by atoms with Gasteiger partial charge in [0, 0.05) is 12.3 Å². The normalized spacial score (nSPS) is 52.9. The molecule has 0 aromatic rings. The van der Waals surface area contributed by atoms with Gasteiger partial charge in [-0.05, 0) is 87.4 Å². The Morgan fingerprint density at radius 1 is 1.00 bits per heavy atom. The highest BCUT2D eigenvalue weighted by Crippen LogP contribution is 2.69. The Labute approximate surface area is 177 Å². The maximum Gasteiger partial charge on any atom is 0.302 e. The molecular formula is C23H35BrO4. The first-order valence-electron chi connectivity index (χ1n) is 11.1. The maximum atomic E-state index is 12.5. The second kappa shape index (κ2) is 6.80. The van der Waals surface area contributed by atoms with E-state index in [1.54, 1.807) is 6.92 Å². The number of alkyl halides is 1. The summed E-state index contributed by atoms with van der Waals surface area (Å²) in [5.41, 5.74) is -1.28. The van der Waals surface area contributed by atoms with Gasteiger partial charge in [-0.1, -0.05) is 29.8 Å². The Morgan fingerprint density at radius 2 is 1.71 bits per heavy atom. The first kappa shape index (κ1) is 20.8. The van der Waals surface area contributed by atoms with Crippen LogP contribution in [0.1, 0.15) is 79.1 Å². The van der Waals surface area contributed by atoms with Crippen LogP contribution in [0.25, 0.3) is 0 Å². The molecule has 5 heteroatoms. The predicted molar refractivity (Wildman–Crippen MR) is 111 cm³/mol. The molecule has 0 heterocycles. The SMILES string of the molecule is CC(=O)O[C@H]1CC[C@@]2(C)[C@@H](CC[C@H]3[C@H]2CC[C@]2(C)[C@@H]3C[C@@H](Br)[C@]2(O)C(C)=O)C1. The lowest BCUT2D eigenvalue weighted by atomic mass is 9.44. The minimum Gasteiger partial charge on any atom is -0.463 e. The van der Waals surface area contributed by atoms with Crippen molar-refractivity contribution >= 4 is 27.7 Å². The zero-order chi connectivity index (χ0) is 20.5. The van der Waals surface area contributed by atoms with Crippen molar-refractivity contribution in [2.24, 2.45) is 34.5 Å². The molecule has 0 aromatic heterocycles. The van der Waals surface area contributed by atoms with E-state index in [-0.39, 0.29) is 28.1 Å². The van der Waals surface area contributed by atoms with Crippen LogP contribution in [0, 0.1) is 34.5 Å². The minimum atomic E-state index is -1.24. The van der Waals surface area contributed by atoms with E-state index in [4.69, 9.17) is 4.74 Å². The number of carbonyl (C=O) groups excluding carboxylic acids is 2. The highest BCUT2D eigenvalue weighted by molar-refractivity contribution is 9.09. The summed E-state index contributed by atoms with van der Waals surface area (Å²) < 4.78 is 5.56. The van der Waals surface area contributed by atoms with E-state index >= 15 is 0 Å². The molecule has 158 valence electrons. The largest absolute Gasteiger partial charge is 0.463 e.